The summed E-state index contributed by atoms with van der Waals surface area (Å²) in [7, 11) is 0. The number of amides is 3. The van der Waals surface area contributed by atoms with Crippen LogP contribution in [-0.4, -0.2) is 41.5 Å². The van der Waals surface area contributed by atoms with E-state index in [2.05, 4.69) is 16.0 Å². The van der Waals surface area contributed by atoms with Gasteiger partial charge in [0.15, 0.2) is 6.10 Å². The van der Waals surface area contributed by atoms with Crippen molar-refractivity contribution in [3.8, 4) is 0 Å². The molecule has 0 bridgehead atoms. The fourth-order valence-electron chi connectivity index (χ4n) is 3.74. The monoisotopic (exact) mass is 445 g/mol. The predicted octanol–water partition coefficient (Wildman–Crippen LogP) is 1.68. The summed E-state index contributed by atoms with van der Waals surface area (Å²) < 4.78 is 26.7. The Morgan fingerprint density at radius 3 is 2.41 bits per heavy atom. The van der Waals surface area contributed by atoms with Gasteiger partial charge in [0.05, 0.1) is 0 Å². The molecule has 4 atom stereocenters. The Bertz CT molecular complexity index is 966. The fraction of sp³-hybridized carbons (Fsp3) is 0.348. The molecule has 3 rings (SSSR count). The molecule has 2 aromatic rings. The van der Waals surface area contributed by atoms with Gasteiger partial charge in [-0.15, -0.1) is 0 Å². The lowest BCUT2D eigenvalue weighted by molar-refractivity contribution is -0.135. The molecule has 0 unspecified atom stereocenters. The molecule has 3 amide bonds. The van der Waals surface area contributed by atoms with Gasteiger partial charge in [-0.05, 0) is 43.0 Å². The van der Waals surface area contributed by atoms with Crippen molar-refractivity contribution in [3.63, 3.8) is 0 Å². The molecule has 9 heteroatoms. The summed E-state index contributed by atoms with van der Waals surface area (Å²) in [6, 6.07) is 9.69. The van der Waals surface area contributed by atoms with E-state index in [1.54, 1.807) is 0 Å². The number of aliphatic hydroxyl groups excluding tert-OH is 1. The Morgan fingerprint density at radius 2 is 1.75 bits per heavy atom. The van der Waals surface area contributed by atoms with E-state index in [1.165, 1.54) is 6.92 Å². The van der Waals surface area contributed by atoms with Crippen molar-refractivity contribution in [2.45, 2.75) is 43.9 Å². The standard InChI is InChI=1S/C23H25F2N3O4/c1-13(27-23(32)20(29)15-10-16(24)12-17(25)11-15)21(30)28-19-18(8-5-9-26-22(19)31)14-6-3-2-4-7-14/h2-4,6-7,10-13,18-20,29H,5,8-9H2,1H3,(H,26,31)(H,27,32)(H,28,30)/t13-,18+,19-,20+/m0/s1. The minimum atomic E-state index is -1.87. The molecule has 7 nitrogen and oxygen atoms in total. The summed E-state index contributed by atoms with van der Waals surface area (Å²) >= 11 is 0. The number of carbonyl (C=O) groups is 3. The summed E-state index contributed by atoms with van der Waals surface area (Å²) in [5.74, 6) is -4.07. The molecule has 1 aliphatic heterocycles. The van der Waals surface area contributed by atoms with E-state index < -0.39 is 41.6 Å². The molecule has 1 saturated heterocycles. The zero-order chi connectivity index (χ0) is 23.3. The fourth-order valence-corrected chi connectivity index (χ4v) is 3.74. The van der Waals surface area contributed by atoms with Crippen LogP contribution in [0.25, 0.3) is 0 Å². The molecule has 0 spiro atoms. The zero-order valence-corrected chi connectivity index (χ0v) is 17.5. The number of carbonyl (C=O) groups excluding carboxylic acids is 3. The van der Waals surface area contributed by atoms with Crippen molar-refractivity contribution in [2.75, 3.05) is 6.54 Å². The number of aliphatic hydroxyl groups is 1. The van der Waals surface area contributed by atoms with Crippen molar-refractivity contribution in [1.29, 1.82) is 0 Å². The number of hydrogen-bond donors (Lipinski definition) is 4. The lowest BCUT2D eigenvalue weighted by atomic mass is 9.87. The van der Waals surface area contributed by atoms with Crippen LogP contribution in [0.3, 0.4) is 0 Å². The molecule has 0 radical (unpaired) electrons. The van der Waals surface area contributed by atoms with Gasteiger partial charge in [0.2, 0.25) is 11.8 Å². The van der Waals surface area contributed by atoms with E-state index in [0.717, 1.165) is 24.1 Å². The highest BCUT2D eigenvalue weighted by Crippen LogP contribution is 2.27. The third kappa shape index (κ3) is 5.67. The molecule has 2 aromatic carbocycles. The van der Waals surface area contributed by atoms with Crippen LogP contribution < -0.4 is 16.0 Å². The molecule has 0 aliphatic carbocycles. The first-order valence-corrected chi connectivity index (χ1v) is 10.3. The molecular weight excluding hydrogens is 420 g/mol. The Labute approximate surface area is 184 Å². The number of hydrogen-bond acceptors (Lipinski definition) is 4. The van der Waals surface area contributed by atoms with Crippen LogP contribution >= 0.6 is 0 Å². The number of rotatable bonds is 6. The van der Waals surface area contributed by atoms with E-state index in [0.29, 0.717) is 19.0 Å². The number of halogens is 2. The van der Waals surface area contributed by atoms with Crippen LogP contribution in [0.1, 0.15) is 42.9 Å². The Hall–Kier alpha value is -3.33. The average molecular weight is 445 g/mol. The summed E-state index contributed by atoms with van der Waals surface area (Å²) in [4.78, 5) is 37.7. The minimum absolute atomic E-state index is 0.244. The molecule has 32 heavy (non-hydrogen) atoms. The highest BCUT2D eigenvalue weighted by atomic mass is 19.1. The summed E-state index contributed by atoms with van der Waals surface area (Å²) in [6.07, 6.45) is -0.438. The van der Waals surface area contributed by atoms with Crippen molar-refractivity contribution >= 4 is 17.7 Å². The lowest BCUT2D eigenvalue weighted by Crippen LogP contribution is -2.54. The van der Waals surface area contributed by atoms with Crippen molar-refractivity contribution in [2.24, 2.45) is 0 Å². The number of benzene rings is 2. The summed E-state index contributed by atoms with van der Waals surface area (Å²) in [6.45, 7) is 1.88. The Kier molecular flexibility index (Phi) is 7.53. The molecule has 4 N–H and O–H groups in total. The van der Waals surface area contributed by atoms with Crippen LogP contribution in [0.2, 0.25) is 0 Å². The summed E-state index contributed by atoms with van der Waals surface area (Å²) in [5, 5.41) is 17.9. The summed E-state index contributed by atoms with van der Waals surface area (Å²) in [5.41, 5.74) is 0.634. The molecular formula is C23H25F2N3O4. The van der Waals surface area contributed by atoms with Gasteiger partial charge < -0.3 is 21.1 Å². The molecule has 0 saturated carbocycles. The van der Waals surface area contributed by atoms with E-state index in [-0.39, 0.29) is 17.4 Å². The van der Waals surface area contributed by atoms with Gasteiger partial charge in [-0.2, -0.15) is 0 Å². The van der Waals surface area contributed by atoms with E-state index in [9.17, 15) is 28.3 Å². The van der Waals surface area contributed by atoms with E-state index in [4.69, 9.17) is 0 Å². The van der Waals surface area contributed by atoms with E-state index in [1.807, 2.05) is 30.3 Å². The molecule has 170 valence electrons. The van der Waals surface area contributed by atoms with Gasteiger partial charge in [0.1, 0.15) is 23.7 Å². The predicted molar refractivity (Wildman–Crippen MR) is 112 cm³/mol. The first-order chi connectivity index (χ1) is 15.3. The largest absolute Gasteiger partial charge is 0.378 e. The van der Waals surface area contributed by atoms with Crippen molar-refractivity contribution in [3.05, 3.63) is 71.3 Å². The Balaban J connectivity index is 1.68. The first kappa shape index (κ1) is 23.3. The zero-order valence-electron chi connectivity index (χ0n) is 17.5. The molecule has 1 fully saturated rings. The van der Waals surface area contributed by atoms with Crippen LogP contribution in [0.15, 0.2) is 48.5 Å². The quantitative estimate of drug-likeness (QED) is 0.543. The van der Waals surface area contributed by atoms with Crippen LogP contribution in [-0.2, 0) is 14.4 Å². The normalized spacial score (nSPS) is 20.4. The maximum Gasteiger partial charge on any atom is 0.254 e. The third-order valence-corrected chi connectivity index (χ3v) is 5.40. The number of nitrogens with one attached hydrogen (secondary N) is 3. The van der Waals surface area contributed by atoms with Gasteiger partial charge in [-0.25, -0.2) is 8.78 Å². The van der Waals surface area contributed by atoms with Gasteiger partial charge in [-0.3, -0.25) is 14.4 Å². The Morgan fingerprint density at radius 1 is 1.09 bits per heavy atom. The second-order valence-corrected chi connectivity index (χ2v) is 7.77. The molecule has 1 heterocycles. The van der Waals surface area contributed by atoms with Gasteiger partial charge in [0.25, 0.3) is 5.91 Å². The highest BCUT2D eigenvalue weighted by Gasteiger charge is 2.34. The maximum absolute atomic E-state index is 13.4. The minimum Gasteiger partial charge on any atom is -0.378 e. The average Bonchev–Trinajstić information content (AvgIpc) is 2.94. The van der Waals surface area contributed by atoms with Crippen LogP contribution in [0.4, 0.5) is 8.78 Å². The molecule has 1 aliphatic rings. The van der Waals surface area contributed by atoms with Gasteiger partial charge in [0, 0.05) is 18.5 Å². The SMILES string of the molecule is C[C@H](NC(=O)[C@H](O)c1cc(F)cc(F)c1)C(=O)N[C@@H]1C(=O)NCCC[C@@H]1c1ccccc1. The van der Waals surface area contributed by atoms with Crippen LogP contribution in [0, 0.1) is 11.6 Å². The van der Waals surface area contributed by atoms with Gasteiger partial charge in [-0.1, -0.05) is 30.3 Å². The first-order valence-electron chi connectivity index (χ1n) is 10.3. The highest BCUT2D eigenvalue weighted by molar-refractivity contribution is 5.93. The maximum atomic E-state index is 13.4. The topological polar surface area (TPSA) is 108 Å². The van der Waals surface area contributed by atoms with Gasteiger partial charge >= 0.3 is 0 Å². The second kappa shape index (κ2) is 10.3. The van der Waals surface area contributed by atoms with Crippen LogP contribution in [0.5, 0.6) is 0 Å². The smallest absolute Gasteiger partial charge is 0.254 e. The molecule has 0 aromatic heterocycles. The van der Waals surface area contributed by atoms with Crippen molar-refractivity contribution < 1.29 is 28.3 Å². The third-order valence-electron chi connectivity index (χ3n) is 5.40. The second-order valence-electron chi connectivity index (χ2n) is 7.77. The lowest BCUT2D eigenvalue weighted by Gasteiger charge is -2.27. The van der Waals surface area contributed by atoms with E-state index >= 15 is 0 Å². The van der Waals surface area contributed by atoms with Crippen molar-refractivity contribution in [1.82, 2.24) is 16.0 Å².